The van der Waals surface area contributed by atoms with Crippen LogP contribution in [0.5, 0.6) is 0 Å². The van der Waals surface area contributed by atoms with Crippen molar-refractivity contribution >= 4 is 18.3 Å². The maximum absolute atomic E-state index is 12.1. The molecule has 2 aliphatic carbocycles. The van der Waals surface area contributed by atoms with Crippen LogP contribution >= 0.6 is 12.4 Å². The van der Waals surface area contributed by atoms with Gasteiger partial charge < -0.3 is 10.2 Å². The van der Waals surface area contributed by atoms with Gasteiger partial charge in [-0.05, 0) is 38.0 Å². The van der Waals surface area contributed by atoms with Crippen LogP contribution in [0, 0.1) is 17.8 Å². The van der Waals surface area contributed by atoms with Crippen LogP contribution in [0.25, 0.3) is 0 Å². The van der Waals surface area contributed by atoms with E-state index in [9.17, 15) is 4.79 Å². The molecule has 1 saturated heterocycles. The number of hydrogen-bond acceptors (Lipinski definition) is 2. The summed E-state index contributed by atoms with van der Waals surface area (Å²) in [6.07, 6.45) is 3.95. The first kappa shape index (κ1) is 12.2. The zero-order valence-corrected chi connectivity index (χ0v) is 10.6. The zero-order valence-electron chi connectivity index (χ0n) is 9.82. The highest BCUT2D eigenvalue weighted by Crippen LogP contribution is 2.54. The molecule has 3 atom stereocenters. The van der Waals surface area contributed by atoms with Crippen LogP contribution in [-0.2, 0) is 4.79 Å². The molecule has 0 spiro atoms. The standard InChI is InChI=1S/C12H20N2O.ClH/c1-8-7-14(5-4-13-8)12(15)11-6-10(11)9-2-3-9;/h8-11,13H,2-7H2,1H3;1H. The summed E-state index contributed by atoms with van der Waals surface area (Å²) in [5.41, 5.74) is 0. The highest BCUT2D eigenvalue weighted by atomic mass is 35.5. The summed E-state index contributed by atoms with van der Waals surface area (Å²) in [5.74, 6) is 2.53. The molecule has 3 fully saturated rings. The lowest BCUT2D eigenvalue weighted by Gasteiger charge is -2.32. The first-order valence-electron chi connectivity index (χ1n) is 6.28. The van der Waals surface area contributed by atoms with Crippen molar-refractivity contribution in [1.82, 2.24) is 10.2 Å². The molecule has 0 bridgehead atoms. The number of halogens is 1. The lowest BCUT2D eigenvalue weighted by Crippen LogP contribution is -2.51. The molecular formula is C12H21ClN2O. The van der Waals surface area contributed by atoms with Crippen molar-refractivity contribution in [1.29, 1.82) is 0 Å². The molecule has 0 aromatic heterocycles. The number of amides is 1. The lowest BCUT2D eigenvalue weighted by molar-refractivity contribution is -0.134. The van der Waals surface area contributed by atoms with E-state index in [0.717, 1.165) is 31.5 Å². The molecule has 1 N–H and O–H groups in total. The van der Waals surface area contributed by atoms with Crippen LogP contribution in [-0.4, -0.2) is 36.5 Å². The Bertz CT molecular complexity index is 280. The van der Waals surface area contributed by atoms with E-state index in [2.05, 4.69) is 17.1 Å². The van der Waals surface area contributed by atoms with Crippen LogP contribution in [0.2, 0.25) is 0 Å². The van der Waals surface area contributed by atoms with Crippen LogP contribution in [0.3, 0.4) is 0 Å². The van der Waals surface area contributed by atoms with E-state index in [4.69, 9.17) is 0 Å². The quantitative estimate of drug-likeness (QED) is 0.794. The summed E-state index contributed by atoms with van der Waals surface area (Å²) in [6.45, 7) is 4.95. The number of rotatable bonds is 2. The van der Waals surface area contributed by atoms with Gasteiger partial charge in [-0.2, -0.15) is 0 Å². The molecule has 1 aliphatic heterocycles. The lowest BCUT2D eigenvalue weighted by atomic mass is 10.1. The molecule has 3 rings (SSSR count). The zero-order chi connectivity index (χ0) is 10.4. The monoisotopic (exact) mass is 244 g/mol. The van der Waals surface area contributed by atoms with Gasteiger partial charge in [0.2, 0.25) is 5.91 Å². The number of carbonyl (C=O) groups excluding carboxylic acids is 1. The van der Waals surface area contributed by atoms with Crippen LogP contribution in [0.4, 0.5) is 0 Å². The highest BCUT2D eigenvalue weighted by molar-refractivity contribution is 5.85. The molecule has 0 aromatic carbocycles. The van der Waals surface area contributed by atoms with Crippen molar-refractivity contribution in [2.24, 2.45) is 17.8 Å². The maximum atomic E-state index is 12.1. The van der Waals surface area contributed by atoms with Gasteiger partial charge in [0.05, 0.1) is 0 Å². The topological polar surface area (TPSA) is 32.3 Å². The average Bonchev–Trinajstić information content (AvgIpc) is 3.07. The number of nitrogens with one attached hydrogen (secondary N) is 1. The predicted octanol–water partition coefficient (Wildman–Crippen LogP) is 1.27. The molecule has 4 heteroatoms. The Labute approximate surface area is 103 Å². The Balaban J connectivity index is 0.000000963. The molecule has 16 heavy (non-hydrogen) atoms. The van der Waals surface area contributed by atoms with Gasteiger partial charge in [-0.1, -0.05) is 0 Å². The minimum atomic E-state index is 0. The van der Waals surface area contributed by atoms with E-state index in [-0.39, 0.29) is 12.4 Å². The summed E-state index contributed by atoms with van der Waals surface area (Å²) in [5, 5.41) is 3.38. The highest BCUT2D eigenvalue weighted by Gasteiger charge is 2.52. The number of carbonyl (C=O) groups is 1. The third-order valence-corrected chi connectivity index (χ3v) is 4.06. The Kier molecular flexibility index (Phi) is 3.45. The van der Waals surface area contributed by atoms with Crippen LogP contribution in [0.15, 0.2) is 0 Å². The fourth-order valence-electron chi connectivity index (χ4n) is 2.91. The summed E-state index contributed by atoms with van der Waals surface area (Å²) in [7, 11) is 0. The fourth-order valence-corrected chi connectivity index (χ4v) is 2.91. The summed E-state index contributed by atoms with van der Waals surface area (Å²) in [6, 6.07) is 0.473. The maximum Gasteiger partial charge on any atom is 0.226 e. The average molecular weight is 245 g/mol. The first-order chi connectivity index (χ1) is 7.25. The van der Waals surface area contributed by atoms with Gasteiger partial charge in [-0.3, -0.25) is 4.79 Å². The Morgan fingerprint density at radius 2 is 2.12 bits per heavy atom. The Morgan fingerprint density at radius 3 is 2.75 bits per heavy atom. The molecule has 3 unspecified atom stereocenters. The third kappa shape index (κ3) is 2.35. The van der Waals surface area contributed by atoms with Crippen LogP contribution in [0.1, 0.15) is 26.2 Å². The molecule has 2 saturated carbocycles. The molecule has 1 heterocycles. The summed E-state index contributed by atoms with van der Waals surface area (Å²) in [4.78, 5) is 14.2. The number of nitrogens with zero attached hydrogens (tertiary/aromatic N) is 1. The molecule has 3 aliphatic rings. The van der Waals surface area contributed by atoms with E-state index in [0.29, 0.717) is 17.9 Å². The van der Waals surface area contributed by atoms with Gasteiger partial charge in [-0.15, -0.1) is 12.4 Å². The van der Waals surface area contributed by atoms with E-state index >= 15 is 0 Å². The third-order valence-electron chi connectivity index (χ3n) is 4.06. The number of hydrogen-bond donors (Lipinski definition) is 1. The van der Waals surface area contributed by atoms with Crippen molar-refractivity contribution < 1.29 is 4.79 Å². The molecule has 92 valence electrons. The Morgan fingerprint density at radius 1 is 1.38 bits per heavy atom. The Hall–Kier alpha value is -0.280. The van der Waals surface area contributed by atoms with Gasteiger partial charge in [0.15, 0.2) is 0 Å². The predicted molar refractivity (Wildman–Crippen MR) is 65.6 cm³/mol. The number of piperazine rings is 1. The minimum Gasteiger partial charge on any atom is -0.340 e. The first-order valence-corrected chi connectivity index (χ1v) is 6.28. The van der Waals surface area contributed by atoms with E-state index in [1.165, 1.54) is 19.3 Å². The normalized spacial score (nSPS) is 37.8. The van der Waals surface area contributed by atoms with E-state index in [1.807, 2.05) is 0 Å². The molecule has 0 radical (unpaired) electrons. The molecule has 1 amide bonds. The second-order valence-corrected chi connectivity index (χ2v) is 5.48. The molecular weight excluding hydrogens is 224 g/mol. The SMILES string of the molecule is CC1CN(C(=O)C2CC2C2CC2)CCN1.Cl. The smallest absolute Gasteiger partial charge is 0.226 e. The second-order valence-electron chi connectivity index (χ2n) is 5.48. The molecule has 0 aromatic rings. The van der Waals surface area contributed by atoms with Gasteiger partial charge in [-0.25, -0.2) is 0 Å². The van der Waals surface area contributed by atoms with Crippen LogP contribution < -0.4 is 5.32 Å². The fraction of sp³-hybridized carbons (Fsp3) is 0.917. The second kappa shape index (κ2) is 4.53. The summed E-state index contributed by atoms with van der Waals surface area (Å²) < 4.78 is 0. The van der Waals surface area contributed by atoms with Crippen molar-refractivity contribution in [2.45, 2.75) is 32.2 Å². The largest absolute Gasteiger partial charge is 0.340 e. The van der Waals surface area contributed by atoms with E-state index < -0.39 is 0 Å². The van der Waals surface area contributed by atoms with E-state index in [1.54, 1.807) is 0 Å². The van der Waals surface area contributed by atoms with Crippen molar-refractivity contribution in [3.05, 3.63) is 0 Å². The minimum absolute atomic E-state index is 0. The van der Waals surface area contributed by atoms with Gasteiger partial charge in [0.25, 0.3) is 0 Å². The summed E-state index contributed by atoms with van der Waals surface area (Å²) >= 11 is 0. The van der Waals surface area contributed by atoms with Crippen molar-refractivity contribution in [2.75, 3.05) is 19.6 Å². The molecule has 3 nitrogen and oxygen atoms in total. The van der Waals surface area contributed by atoms with Gasteiger partial charge in [0, 0.05) is 31.6 Å². The van der Waals surface area contributed by atoms with Crippen molar-refractivity contribution in [3.63, 3.8) is 0 Å². The van der Waals surface area contributed by atoms with Crippen molar-refractivity contribution in [3.8, 4) is 0 Å². The van der Waals surface area contributed by atoms with Gasteiger partial charge >= 0.3 is 0 Å². The van der Waals surface area contributed by atoms with Gasteiger partial charge in [0.1, 0.15) is 0 Å².